The number of allylic oxidation sites excluding steroid dienone is 2. The van der Waals surface area contributed by atoms with Crippen molar-refractivity contribution < 1.29 is 9.84 Å². The Bertz CT molecular complexity index is 828. The molecule has 0 saturated carbocycles. The Hall–Kier alpha value is -2.20. The van der Waals surface area contributed by atoms with E-state index in [4.69, 9.17) is 9.72 Å². The summed E-state index contributed by atoms with van der Waals surface area (Å²) >= 11 is 0. The van der Waals surface area contributed by atoms with Gasteiger partial charge in [0.05, 0.1) is 18.0 Å². The lowest BCUT2D eigenvalue weighted by atomic mass is 9.86. The SMILES string of the molecule is C/C=C(\c1cc(C)c(-c2ccc(OCC)nc2CC)nc1C)[C@@H](CC)CCO. The number of nitrogens with zero attached hydrogens (tertiary/aromatic N) is 2. The van der Waals surface area contributed by atoms with Crippen LogP contribution in [0.25, 0.3) is 16.8 Å². The minimum Gasteiger partial charge on any atom is -0.478 e. The van der Waals surface area contributed by atoms with Gasteiger partial charge in [0.1, 0.15) is 0 Å². The molecule has 1 atom stereocenters. The van der Waals surface area contributed by atoms with Gasteiger partial charge in [-0.3, -0.25) is 4.98 Å². The maximum Gasteiger partial charge on any atom is 0.213 e. The summed E-state index contributed by atoms with van der Waals surface area (Å²) in [6, 6.07) is 6.24. The van der Waals surface area contributed by atoms with Crippen molar-refractivity contribution in [3.05, 3.63) is 46.8 Å². The van der Waals surface area contributed by atoms with Crippen LogP contribution in [0.1, 0.15) is 63.1 Å². The molecular weight excluding hydrogens is 348 g/mol. The molecule has 0 fully saturated rings. The van der Waals surface area contributed by atoms with Crippen molar-refractivity contribution in [1.82, 2.24) is 9.97 Å². The molecule has 0 radical (unpaired) electrons. The lowest BCUT2D eigenvalue weighted by Gasteiger charge is -2.21. The van der Waals surface area contributed by atoms with Gasteiger partial charge in [-0.2, -0.15) is 0 Å². The first kappa shape index (κ1) is 22.1. The van der Waals surface area contributed by atoms with E-state index < -0.39 is 0 Å². The van der Waals surface area contributed by atoms with Gasteiger partial charge in [0.2, 0.25) is 5.88 Å². The van der Waals surface area contributed by atoms with E-state index in [1.54, 1.807) is 0 Å². The van der Waals surface area contributed by atoms with Gasteiger partial charge in [0, 0.05) is 23.9 Å². The molecule has 0 aliphatic carbocycles. The van der Waals surface area contributed by atoms with Crippen molar-refractivity contribution >= 4 is 5.57 Å². The van der Waals surface area contributed by atoms with Crippen LogP contribution in [-0.4, -0.2) is 28.3 Å². The van der Waals surface area contributed by atoms with Gasteiger partial charge in [-0.1, -0.05) is 19.9 Å². The summed E-state index contributed by atoms with van der Waals surface area (Å²) in [5, 5.41) is 9.43. The molecule has 2 aromatic heterocycles. The van der Waals surface area contributed by atoms with Crippen molar-refractivity contribution in [2.45, 2.75) is 60.8 Å². The number of aromatic nitrogens is 2. The zero-order chi connectivity index (χ0) is 20.7. The van der Waals surface area contributed by atoms with Crippen molar-refractivity contribution in [2.75, 3.05) is 13.2 Å². The lowest BCUT2D eigenvalue weighted by Crippen LogP contribution is -2.08. The molecule has 4 heteroatoms. The number of aliphatic hydroxyl groups excluding tert-OH is 1. The smallest absolute Gasteiger partial charge is 0.213 e. The second-order valence-electron chi connectivity index (χ2n) is 7.08. The minimum absolute atomic E-state index is 0.205. The van der Waals surface area contributed by atoms with Gasteiger partial charge < -0.3 is 9.84 Å². The predicted octanol–water partition coefficient (Wildman–Crippen LogP) is 5.53. The van der Waals surface area contributed by atoms with E-state index in [1.165, 1.54) is 11.1 Å². The molecule has 0 aliphatic rings. The van der Waals surface area contributed by atoms with Crippen molar-refractivity contribution in [1.29, 1.82) is 0 Å². The van der Waals surface area contributed by atoms with Gasteiger partial charge in [-0.15, -0.1) is 0 Å². The van der Waals surface area contributed by atoms with E-state index >= 15 is 0 Å². The topological polar surface area (TPSA) is 55.2 Å². The van der Waals surface area contributed by atoms with Gasteiger partial charge in [0.25, 0.3) is 0 Å². The van der Waals surface area contributed by atoms with Crippen LogP contribution in [0.2, 0.25) is 0 Å². The number of aliphatic hydroxyl groups is 1. The highest BCUT2D eigenvalue weighted by atomic mass is 16.5. The molecule has 4 nitrogen and oxygen atoms in total. The molecule has 0 aliphatic heterocycles. The number of hydrogen-bond acceptors (Lipinski definition) is 4. The number of ether oxygens (including phenoxy) is 1. The van der Waals surface area contributed by atoms with E-state index in [9.17, 15) is 5.11 Å². The van der Waals surface area contributed by atoms with Gasteiger partial charge in [0.15, 0.2) is 0 Å². The van der Waals surface area contributed by atoms with Crippen LogP contribution in [0.5, 0.6) is 5.88 Å². The largest absolute Gasteiger partial charge is 0.478 e. The van der Waals surface area contributed by atoms with Crippen molar-refractivity contribution in [3.8, 4) is 17.1 Å². The quantitative estimate of drug-likeness (QED) is 0.619. The van der Waals surface area contributed by atoms with Crippen LogP contribution in [0, 0.1) is 19.8 Å². The Labute approximate surface area is 169 Å². The molecule has 2 heterocycles. The minimum atomic E-state index is 0.205. The molecule has 0 spiro atoms. The third kappa shape index (κ3) is 4.79. The average molecular weight is 383 g/mol. The average Bonchev–Trinajstić information content (AvgIpc) is 2.70. The van der Waals surface area contributed by atoms with E-state index in [2.05, 4.69) is 57.8 Å². The third-order valence-corrected chi connectivity index (χ3v) is 5.27. The normalized spacial score (nSPS) is 12.9. The zero-order valence-corrected chi connectivity index (χ0v) is 18.2. The van der Waals surface area contributed by atoms with Crippen molar-refractivity contribution in [2.24, 2.45) is 5.92 Å². The summed E-state index contributed by atoms with van der Waals surface area (Å²) in [6.45, 7) is 13.3. The first-order chi connectivity index (χ1) is 13.5. The molecule has 2 rings (SSSR count). The lowest BCUT2D eigenvalue weighted by molar-refractivity contribution is 0.270. The highest BCUT2D eigenvalue weighted by molar-refractivity contribution is 5.74. The number of hydrogen-bond donors (Lipinski definition) is 1. The summed E-state index contributed by atoms with van der Waals surface area (Å²) < 4.78 is 5.56. The monoisotopic (exact) mass is 382 g/mol. The number of aryl methyl sites for hydroxylation is 3. The Morgan fingerprint density at radius 1 is 1.18 bits per heavy atom. The Balaban J connectivity index is 2.52. The molecule has 0 bridgehead atoms. The van der Waals surface area contributed by atoms with E-state index in [0.717, 1.165) is 47.5 Å². The molecular formula is C24H34N2O2. The molecule has 0 unspecified atom stereocenters. The van der Waals surface area contributed by atoms with E-state index in [1.807, 2.05) is 13.0 Å². The summed E-state index contributed by atoms with van der Waals surface area (Å²) in [6.07, 6.45) is 4.78. The maximum atomic E-state index is 9.43. The third-order valence-electron chi connectivity index (χ3n) is 5.27. The number of pyridine rings is 2. The zero-order valence-electron chi connectivity index (χ0n) is 18.2. The fraction of sp³-hybridized carbons (Fsp3) is 0.500. The molecule has 152 valence electrons. The van der Waals surface area contributed by atoms with Crippen LogP contribution in [-0.2, 0) is 6.42 Å². The van der Waals surface area contributed by atoms with Crippen LogP contribution < -0.4 is 4.74 Å². The Morgan fingerprint density at radius 3 is 2.50 bits per heavy atom. The summed E-state index contributed by atoms with van der Waals surface area (Å²) in [4.78, 5) is 9.65. The van der Waals surface area contributed by atoms with Crippen LogP contribution >= 0.6 is 0 Å². The van der Waals surface area contributed by atoms with Crippen LogP contribution in [0.15, 0.2) is 24.3 Å². The molecule has 0 amide bonds. The Morgan fingerprint density at radius 2 is 1.93 bits per heavy atom. The Kier molecular flexibility index (Phi) is 8.18. The highest BCUT2D eigenvalue weighted by Gasteiger charge is 2.19. The fourth-order valence-electron chi connectivity index (χ4n) is 3.81. The highest BCUT2D eigenvalue weighted by Crippen LogP contribution is 2.34. The molecule has 28 heavy (non-hydrogen) atoms. The number of rotatable bonds is 9. The second-order valence-corrected chi connectivity index (χ2v) is 7.08. The summed E-state index contributed by atoms with van der Waals surface area (Å²) in [7, 11) is 0. The first-order valence-electron chi connectivity index (χ1n) is 10.4. The van der Waals surface area contributed by atoms with Crippen molar-refractivity contribution in [3.63, 3.8) is 0 Å². The first-order valence-corrected chi connectivity index (χ1v) is 10.4. The maximum absolute atomic E-state index is 9.43. The van der Waals surface area contributed by atoms with Gasteiger partial charge >= 0.3 is 0 Å². The van der Waals surface area contributed by atoms with E-state index in [0.29, 0.717) is 18.4 Å². The molecule has 2 aromatic rings. The molecule has 0 saturated heterocycles. The predicted molar refractivity (Wildman–Crippen MR) is 117 cm³/mol. The molecule has 0 aromatic carbocycles. The standard InChI is InChI=1S/C24H34N2O2/c1-7-18(13-14-27)19(8-2)21-15-16(5)24(25-17(21)6)20-11-12-23(28-10-4)26-22(20)9-3/h8,11-12,15,18,27H,7,9-10,13-14H2,1-6H3/b19-8-/t18-/m0/s1. The van der Waals surface area contributed by atoms with Gasteiger partial charge in [-0.05, 0) is 81.7 Å². The second kappa shape index (κ2) is 10.4. The van der Waals surface area contributed by atoms with Crippen LogP contribution in [0.3, 0.4) is 0 Å². The fourth-order valence-corrected chi connectivity index (χ4v) is 3.81. The van der Waals surface area contributed by atoms with E-state index in [-0.39, 0.29) is 6.61 Å². The van der Waals surface area contributed by atoms with Crippen LogP contribution in [0.4, 0.5) is 0 Å². The molecule has 1 N–H and O–H groups in total. The summed E-state index contributed by atoms with van der Waals surface area (Å²) in [5.74, 6) is 1.01. The van der Waals surface area contributed by atoms with Gasteiger partial charge in [-0.25, -0.2) is 4.98 Å². The summed E-state index contributed by atoms with van der Waals surface area (Å²) in [5.41, 5.74) is 7.67.